The number of ether oxygens (including phenoxy) is 2. The highest BCUT2D eigenvalue weighted by Gasteiger charge is 2.52. The summed E-state index contributed by atoms with van der Waals surface area (Å²) in [6.07, 6.45) is -5.04. The first kappa shape index (κ1) is 26.0. The Balaban J connectivity index is 1.64. The summed E-state index contributed by atoms with van der Waals surface area (Å²) >= 11 is 0. The van der Waals surface area contributed by atoms with Gasteiger partial charge in [0.25, 0.3) is 0 Å². The standard InChI is InChI=1S/C25H28O10/c26-17-7-1-15(2-8-17)5-11-21(29)34-20-14-25(33,24(31)32)13-19(28)23(20)35-22(30)12-6-16-3-9-18(27)10-4-16/h1-4,7-10,19-20,23,26-28,33H,5-6,11-14H2,(H,31,32). The van der Waals surface area contributed by atoms with Crippen molar-refractivity contribution >= 4 is 17.9 Å². The van der Waals surface area contributed by atoms with E-state index < -0.39 is 54.7 Å². The summed E-state index contributed by atoms with van der Waals surface area (Å²) in [5.74, 6) is -2.85. The van der Waals surface area contributed by atoms with Crippen LogP contribution in [0, 0.1) is 0 Å². The first-order valence-electron chi connectivity index (χ1n) is 11.1. The molecule has 188 valence electrons. The molecule has 0 bridgehead atoms. The number of aromatic hydroxyl groups is 2. The normalized spacial score (nSPS) is 23.9. The lowest BCUT2D eigenvalue weighted by Crippen LogP contribution is -2.58. The number of carboxylic acid groups (broad SMARTS) is 1. The highest BCUT2D eigenvalue weighted by molar-refractivity contribution is 5.78. The van der Waals surface area contributed by atoms with E-state index in [1.54, 1.807) is 24.3 Å². The lowest BCUT2D eigenvalue weighted by Gasteiger charge is -2.40. The van der Waals surface area contributed by atoms with Gasteiger partial charge in [-0.25, -0.2) is 4.79 Å². The van der Waals surface area contributed by atoms with E-state index in [2.05, 4.69) is 0 Å². The predicted molar refractivity (Wildman–Crippen MR) is 120 cm³/mol. The second kappa shape index (κ2) is 11.2. The minimum absolute atomic E-state index is 0.0707. The van der Waals surface area contributed by atoms with Crippen molar-refractivity contribution in [2.24, 2.45) is 0 Å². The number of rotatable bonds is 9. The van der Waals surface area contributed by atoms with Crippen molar-refractivity contribution in [2.45, 2.75) is 62.4 Å². The van der Waals surface area contributed by atoms with E-state index in [-0.39, 0.29) is 37.2 Å². The van der Waals surface area contributed by atoms with Gasteiger partial charge in [0.1, 0.15) is 17.6 Å². The average molecular weight is 488 g/mol. The molecule has 3 rings (SSSR count). The number of aliphatic carboxylic acids is 1. The number of benzene rings is 2. The molecule has 1 fully saturated rings. The Morgan fingerprint density at radius 3 is 1.71 bits per heavy atom. The van der Waals surface area contributed by atoms with Crippen LogP contribution in [0.1, 0.15) is 36.8 Å². The third-order valence-electron chi connectivity index (χ3n) is 5.89. The third kappa shape index (κ3) is 7.17. The summed E-state index contributed by atoms with van der Waals surface area (Å²) < 4.78 is 10.7. The molecule has 0 spiro atoms. The number of aryl methyl sites for hydroxylation is 2. The lowest BCUT2D eigenvalue weighted by molar-refractivity contribution is -0.208. The van der Waals surface area contributed by atoms with Gasteiger partial charge in [-0.1, -0.05) is 24.3 Å². The van der Waals surface area contributed by atoms with E-state index in [1.807, 2.05) is 0 Å². The smallest absolute Gasteiger partial charge is 0.335 e. The van der Waals surface area contributed by atoms with Crippen molar-refractivity contribution in [2.75, 3.05) is 0 Å². The molecule has 1 aliphatic rings. The van der Waals surface area contributed by atoms with Crippen LogP contribution in [0.2, 0.25) is 0 Å². The number of carboxylic acids is 1. The number of carbonyl (C=O) groups excluding carboxylic acids is 2. The van der Waals surface area contributed by atoms with Gasteiger partial charge in [0.05, 0.1) is 6.10 Å². The van der Waals surface area contributed by atoms with Crippen LogP contribution < -0.4 is 0 Å². The first-order valence-corrected chi connectivity index (χ1v) is 11.1. The molecule has 2 aromatic rings. The molecular weight excluding hydrogens is 460 g/mol. The summed E-state index contributed by atoms with van der Waals surface area (Å²) in [6.45, 7) is 0. The van der Waals surface area contributed by atoms with Gasteiger partial charge in [-0.05, 0) is 48.2 Å². The average Bonchev–Trinajstić information content (AvgIpc) is 2.80. The molecule has 35 heavy (non-hydrogen) atoms. The van der Waals surface area contributed by atoms with Gasteiger partial charge in [0.15, 0.2) is 11.7 Å². The second-order valence-corrected chi connectivity index (χ2v) is 8.63. The van der Waals surface area contributed by atoms with E-state index in [0.717, 1.165) is 11.1 Å². The van der Waals surface area contributed by atoms with Crippen molar-refractivity contribution < 1.29 is 49.4 Å². The van der Waals surface area contributed by atoms with Gasteiger partial charge in [-0.2, -0.15) is 0 Å². The Bertz CT molecular complexity index is 1030. The zero-order chi connectivity index (χ0) is 25.6. The van der Waals surface area contributed by atoms with Crippen molar-refractivity contribution in [3.05, 3.63) is 59.7 Å². The molecule has 0 heterocycles. The van der Waals surface area contributed by atoms with Crippen LogP contribution in [0.5, 0.6) is 11.5 Å². The third-order valence-corrected chi connectivity index (χ3v) is 5.89. The maximum Gasteiger partial charge on any atom is 0.335 e. The molecule has 2 aromatic carbocycles. The topological polar surface area (TPSA) is 171 Å². The second-order valence-electron chi connectivity index (χ2n) is 8.63. The van der Waals surface area contributed by atoms with Crippen molar-refractivity contribution in [3.63, 3.8) is 0 Å². The largest absolute Gasteiger partial charge is 0.508 e. The number of aliphatic hydroxyl groups excluding tert-OH is 1. The maximum absolute atomic E-state index is 12.5. The highest BCUT2D eigenvalue weighted by Crippen LogP contribution is 2.33. The zero-order valence-electron chi connectivity index (χ0n) is 18.9. The van der Waals surface area contributed by atoms with Gasteiger partial charge >= 0.3 is 17.9 Å². The lowest BCUT2D eigenvalue weighted by atomic mass is 9.79. The molecular formula is C25H28O10. The quantitative estimate of drug-likeness (QED) is 0.326. The molecule has 0 radical (unpaired) electrons. The van der Waals surface area contributed by atoms with Gasteiger partial charge < -0.3 is 35.0 Å². The van der Waals surface area contributed by atoms with Crippen molar-refractivity contribution in [3.8, 4) is 11.5 Å². The van der Waals surface area contributed by atoms with Gasteiger partial charge in [-0.3, -0.25) is 9.59 Å². The molecule has 10 nitrogen and oxygen atoms in total. The number of hydrogen-bond acceptors (Lipinski definition) is 9. The number of carbonyl (C=O) groups is 3. The zero-order valence-corrected chi connectivity index (χ0v) is 18.9. The summed E-state index contributed by atoms with van der Waals surface area (Å²) in [6, 6.07) is 12.5. The molecule has 4 atom stereocenters. The van der Waals surface area contributed by atoms with E-state index in [4.69, 9.17) is 9.47 Å². The fraction of sp³-hybridized carbons (Fsp3) is 0.400. The monoisotopic (exact) mass is 488 g/mol. The Morgan fingerprint density at radius 2 is 1.26 bits per heavy atom. The fourth-order valence-electron chi connectivity index (χ4n) is 3.94. The summed E-state index contributed by atoms with van der Waals surface area (Å²) in [5.41, 5.74) is -0.833. The van der Waals surface area contributed by atoms with Crippen molar-refractivity contribution in [1.29, 1.82) is 0 Å². The number of phenolic OH excluding ortho intramolecular Hbond substituents is 2. The Hall–Kier alpha value is -3.63. The van der Waals surface area contributed by atoms with Crippen LogP contribution in [-0.2, 0) is 36.7 Å². The summed E-state index contributed by atoms with van der Waals surface area (Å²) in [7, 11) is 0. The summed E-state index contributed by atoms with van der Waals surface area (Å²) in [5, 5.41) is 49.0. The van der Waals surface area contributed by atoms with Gasteiger partial charge in [0.2, 0.25) is 0 Å². The molecule has 4 unspecified atom stereocenters. The molecule has 5 N–H and O–H groups in total. The molecule has 0 amide bonds. The van der Waals surface area contributed by atoms with Crippen LogP contribution in [0.25, 0.3) is 0 Å². The van der Waals surface area contributed by atoms with Gasteiger partial charge in [-0.15, -0.1) is 0 Å². The number of esters is 2. The maximum atomic E-state index is 12.5. The summed E-state index contributed by atoms with van der Waals surface area (Å²) in [4.78, 5) is 36.5. The van der Waals surface area contributed by atoms with E-state index >= 15 is 0 Å². The molecule has 0 saturated heterocycles. The van der Waals surface area contributed by atoms with E-state index in [0.29, 0.717) is 0 Å². The highest BCUT2D eigenvalue weighted by atomic mass is 16.6. The minimum atomic E-state index is -2.35. The van der Waals surface area contributed by atoms with Crippen LogP contribution in [0.15, 0.2) is 48.5 Å². The molecule has 10 heteroatoms. The Labute approximate surface area is 201 Å². The number of hydrogen-bond donors (Lipinski definition) is 5. The SMILES string of the molecule is O=C(CCc1ccc(O)cc1)OC1CC(O)(C(=O)O)CC(O)C1OC(=O)CCc1ccc(O)cc1. The Morgan fingerprint density at radius 1 is 0.800 bits per heavy atom. The molecule has 0 aliphatic heterocycles. The number of aliphatic hydroxyl groups is 2. The Kier molecular flexibility index (Phi) is 8.31. The molecule has 1 aliphatic carbocycles. The predicted octanol–water partition coefficient (Wildman–Crippen LogP) is 1.46. The molecule has 0 aromatic heterocycles. The fourth-order valence-corrected chi connectivity index (χ4v) is 3.94. The van der Waals surface area contributed by atoms with E-state index in [1.165, 1.54) is 24.3 Å². The van der Waals surface area contributed by atoms with Crippen LogP contribution in [-0.4, -0.2) is 67.4 Å². The van der Waals surface area contributed by atoms with Crippen LogP contribution in [0.3, 0.4) is 0 Å². The van der Waals surface area contributed by atoms with Crippen LogP contribution >= 0.6 is 0 Å². The number of phenols is 2. The van der Waals surface area contributed by atoms with Crippen LogP contribution in [0.4, 0.5) is 0 Å². The van der Waals surface area contributed by atoms with Crippen molar-refractivity contribution in [1.82, 2.24) is 0 Å². The minimum Gasteiger partial charge on any atom is -0.508 e. The molecule has 1 saturated carbocycles. The first-order chi connectivity index (χ1) is 16.6. The van der Waals surface area contributed by atoms with Gasteiger partial charge in [0, 0.05) is 25.7 Å². The van der Waals surface area contributed by atoms with E-state index in [9.17, 15) is 39.9 Å².